The van der Waals surface area contributed by atoms with Crippen LogP contribution in [-0.2, 0) is 17.8 Å². The maximum absolute atomic E-state index is 5.05. The van der Waals surface area contributed by atoms with Crippen molar-refractivity contribution in [3.63, 3.8) is 0 Å². The summed E-state index contributed by atoms with van der Waals surface area (Å²) in [6, 6.07) is 8.46. The Balaban J connectivity index is 2.09. The van der Waals surface area contributed by atoms with Crippen LogP contribution >= 0.6 is 11.8 Å². The summed E-state index contributed by atoms with van der Waals surface area (Å²) in [6.45, 7) is 5.53. The predicted molar refractivity (Wildman–Crippen MR) is 86.3 cm³/mol. The van der Waals surface area contributed by atoms with E-state index in [0.717, 1.165) is 43.4 Å². The highest BCUT2D eigenvalue weighted by molar-refractivity contribution is 7.99. The van der Waals surface area contributed by atoms with Crippen LogP contribution in [0.2, 0.25) is 0 Å². The van der Waals surface area contributed by atoms with E-state index in [4.69, 9.17) is 9.84 Å². The fourth-order valence-electron chi connectivity index (χ4n) is 2.17. The topological polar surface area (TPSA) is 39.1 Å². The van der Waals surface area contributed by atoms with Crippen molar-refractivity contribution in [2.75, 3.05) is 31.8 Å². The Labute approximate surface area is 124 Å². The summed E-state index contributed by atoms with van der Waals surface area (Å²) in [5.74, 6) is 2.27. The molecule has 0 atom stereocenters. The second-order valence-electron chi connectivity index (χ2n) is 4.55. The number of nitrogens with zero attached hydrogens (tertiary/aromatic N) is 2. The van der Waals surface area contributed by atoms with Gasteiger partial charge in [-0.25, -0.2) is 0 Å². The molecule has 5 heteroatoms. The molecule has 2 rings (SSSR count). The molecule has 0 saturated carbocycles. The minimum absolute atomic E-state index is 0.728. The van der Waals surface area contributed by atoms with Gasteiger partial charge in [-0.1, -0.05) is 25.1 Å². The van der Waals surface area contributed by atoms with Gasteiger partial charge in [-0.15, -0.1) is 0 Å². The Morgan fingerprint density at radius 2 is 2.20 bits per heavy atom. The van der Waals surface area contributed by atoms with Crippen molar-refractivity contribution in [2.24, 2.45) is 0 Å². The van der Waals surface area contributed by atoms with Gasteiger partial charge in [0.05, 0.1) is 24.4 Å². The highest BCUT2D eigenvalue weighted by Gasteiger charge is 2.09. The van der Waals surface area contributed by atoms with E-state index in [2.05, 4.69) is 41.2 Å². The number of para-hydroxylation sites is 1. The van der Waals surface area contributed by atoms with Crippen LogP contribution in [0.5, 0.6) is 0 Å². The highest BCUT2D eigenvalue weighted by Crippen LogP contribution is 2.18. The van der Waals surface area contributed by atoms with Crippen molar-refractivity contribution in [3.8, 4) is 0 Å². The maximum Gasteiger partial charge on any atom is 0.0841 e. The van der Waals surface area contributed by atoms with Crippen molar-refractivity contribution in [2.45, 2.75) is 20.0 Å². The molecular weight excluding hydrogens is 270 g/mol. The van der Waals surface area contributed by atoms with E-state index in [0.29, 0.717) is 0 Å². The van der Waals surface area contributed by atoms with Gasteiger partial charge in [0.1, 0.15) is 0 Å². The molecule has 0 aliphatic carbocycles. The minimum atomic E-state index is 0.728. The maximum atomic E-state index is 5.05. The van der Waals surface area contributed by atoms with E-state index in [9.17, 15) is 0 Å². The first kappa shape index (κ1) is 15.4. The summed E-state index contributed by atoms with van der Waals surface area (Å²) in [5, 5.41) is 9.38. The Hall–Kier alpha value is -1.04. The van der Waals surface area contributed by atoms with Crippen molar-refractivity contribution >= 4 is 22.7 Å². The van der Waals surface area contributed by atoms with E-state index < -0.39 is 0 Å². The molecule has 4 nitrogen and oxygen atoms in total. The van der Waals surface area contributed by atoms with Crippen LogP contribution in [0.25, 0.3) is 10.9 Å². The summed E-state index contributed by atoms with van der Waals surface area (Å²) in [4.78, 5) is 0. The molecule has 0 radical (unpaired) electrons. The molecule has 110 valence electrons. The summed E-state index contributed by atoms with van der Waals surface area (Å²) < 4.78 is 7.18. The quantitative estimate of drug-likeness (QED) is 0.721. The lowest BCUT2D eigenvalue weighted by molar-refractivity contribution is 0.199. The third-order valence-corrected chi connectivity index (χ3v) is 4.04. The monoisotopic (exact) mass is 293 g/mol. The van der Waals surface area contributed by atoms with E-state index in [-0.39, 0.29) is 0 Å². The molecule has 0 aliphatic rings. The second kappa shape index (κ2) is 8.29. The first-order valence-electron chi connectivity index (χ1n) is 7.08. The SMILES string of the molecule is CCSCCn1nc(CNCCOC)c2ccccc21. The fraction of sp³-hybridized carbons (Fsp3) is 0.533. The van der Waals surface area contributed by atoms with Gasteiger partial charge in [-0.05, 0) is 11.8 Å². The molecular formula is C15H23N3OS. The summed E-state index contributed by atoms with van der Waals surface area (Å²) in [6.07, 6.45) is 0. The summed E-state index contributed by atoms with van der Waals surface area (Å²) >= 11 is 1.95. The Bertz CT molecular complexity index is 527. The molecule has 0 unspecified atom stereocenters. The average Bonchev–Trinajstić information content (AvgIpc) is 2.83. The number of nitrogens with one attached hydrogen (secondary N) is 1. The van der Waals surface area contributed by atoms with Crippen LogP contribution in [0.15, 0.2) is 24.3 Å². The normalized spacial score (nSPS) is 11.3. The van der Waals surface area contributed by atoms with Crippen LogP contribution in [0, 0.1) is 0 Å². The third kappa shape index (κ3) is 3.98. The molecule has 0 aliphatic heterocycles. The molecule has 0 saturated heterocycles. The fourth-order valence-corrected chi connectivity index (χ4v) is 2.76. The smallest absolute Gasteiger partial charge is 0.0841 e. The van der Waals surface area contributed by atoms with E-state index in [1.165, 1.54) is 10.9 Å². The number of ether oxygens (including phenoxy) is 1. The molecule has 1 N–H and O–H groups in total. The van der Waals surface area contributed by atoms with E-state index in [1.807, 2.05) is 11.8 Å². The Morgan fingerprint density at radius 1 is 1.35 bits per heavy atom. The van der Waals surface area contributed by atoms with Gasteiger partial charge in [-0.3, -0.25) is 4.68 Å². The van der Waals surface area contributed by atoms with Crippen molar-refractivity contribution in [1.82, 2.24) is 15.1 Å². The highest BCUT2D eigenvalue weighted by atomic mass is 32.2. The van der Waals surface area contributed by atoms with Gasteiger partial charge in [0.25, 0.3) is 0 Å². The number of rotatable bonds is 9. The molecule has 1 heterocycles. The molecule has 0 bridgehead atoms. The van der Waals surface area contributed by atoms with Crippen LogP contribution in [0.4, 0.5) is 0 Å². The van der Waals surface area contributed by atoms with Gasteiger partial charge in [0, 0.05) is 31.3 Å². The lowest BCUT2D eigenvalue weighted by Crippen LogP contribution is -2.19. The second-order valence-corrected chi connectivity index (χ2v) is 5.95. The lowest BCUT2D eigenvalue weighted by Gasteiger charge is -2.02. The molecule has 0 fully saturated rings. The Kier molecular flexibility index (Phi) is 6.36. The van der Waals surface area contributed by atoms with Crippen LogP contribution in [0.3, 0.4) is 0 Å². The van der Waals surface area contributed by atoms with Crippen molar-refractivity contribution < 1.29 is 4.74 Å². The number of hydrogen-bond acceptors (Lipinski definition) is 4. The Morgan fingerprint density at radius 3 is 3.00 bits per heavy atom. The lowest BCUT2D eigenvalue weighted by atomic mass is 10.2. The number of hydrogen-bond donors (Lipinski definition) is 1. The zero-order chi connectivity index (χ0) is 14.2. The predicted octanol–water partition coefficient (Wildman–Crippen LogP) is 2.53. The van der Waals surface area contributed by atoms with Crippen molar-refractivity contribution in [1.29, 1.82) is 0 Å². The number of thioether (sulfide) groups is 1. The average molecular weight is 293 g/mol. The van der Waals surface area contributed by atoms with Gasteiger partial charge in [0.15, 0.2) is 0 Å². The van der Waals surface area contributed by atoms with Crippen molar-refractivity contribution in [3.05, 3.63) is 30.0 Å². The zero-order valence-corrected chi connectivity index (χ0v) is 13.1. The minimum Gasteiger partial charge on any atom is -0.383 e. The largest absolute Gasteiger partial charge is 0.383 e. The van der Waals surface area contributed by atoms with Gasteiger partial charge in [0.2, 0.25) is 0 Å². The van der Waals surface area contributed by atoms with Crippen LogP contribution in [0.1, 0.15) is 12.6 Å². The molecule has 20 heavy (non-hydrogen) atoms. The van der Waals surface area contributed by atoms with Gasteiger partial charge in [-0.2, -0.15) is 16.9 Å². The molecule has 0 amide bonds. The van der Waals surface area contributed by atoms with E-state index in [1.54, 1.807) is 7.11 Å². The van der Waals surface area contributed by atoms with Gasteiger partial charge >= 0.3 is 0 Å². The zero-order valence-electron chi connectivity index (χ0n) is 12.3. The summed E-state index contributed by atoms with van der Waals surface area (Å²) in [5.41, 5.74) is 2.35. The molecule has 1 aromatic carbocycles. The number of fused-ring (bicyclic) bond motifs is 1. The summed E-state index contributed by atoms with van der Waals surface area (Å²) in [7, 11) is 1.72. The number of aryl methyl sites for hydroxylation is 1. The first-order valence-corrected chi connectivity index (χ1v) is 8.24. The third-order valence-electron chi connectivity index (χ3n) is 3.16. The first-order chi connectivity index (χ1) is 9.86. The van der Waals surface area contributed by atoms with E-state index >= 15 is 0 Å². The standard InChI is InChI=1S/C15H23N3OS/c1-3-20-11-9-18-15-7-5-4-6-13(15)14(17-18)12-16-8-10-19-2/h4-7,16H,3,8-12H2,1-2H3. The molecule has 0 spiro atoms. The number of methoxy groups -OCH3 is 1. The molecule has 2 aromatic rings. The molecule has 1 aromatic heterocycles. The number of benzene rings is 1. The van der Waals surface area contributed by atoms with Crippen LogP contribution in [-0.4, -0.2) is 41.5 Å². The number of aromatic nitrogens is 2. The van der Waals surface area contributed by atoms with Crippen LogP contribution < -0.4 is 5.32 Å². The van der Waals surface area contributed by atoms with Gasteiger partial charge < -0.3 is 10.1 Å².